The molecule has 5 rings (SSSR count). The van der Waals surface area contributed by atoms with Crippen LogP contribution < -0.4 is 4.90 Å². The van der Waals surface area contributed by atoms with E-state index in [0.717, 1.165) is 23.5 Å². The van der Waals surface area contributed by atoms with Gasteiger partial charge in [0.25, 0.3) is 0 Å². The van der Waals surface area contributed by atoms with Crippen LogP contribution in [-0.4, -0.2) is 48.8 Å². The smallest absolute Gasteiger partial charge is 0.353 e. The lowest BCUT2D eigenvalue weighted by Gasteiger charge is -2.35. The maximum Gasteiger partial charge on any atom is 0.417 e. The highest BCUT2D eigenvalue weighted by atomic mass is 19.4. The minimum Gasteiger partial charge on any atom is -0.353 e. The zero-order chi connectivity index (χ0) is 22.5. The summed E-state index contributed by atoms with van der Waals surface area (Å²) in [4.78, 5) is 14.8. The van der Waals surface area contributed by atoms with Crippen LogP contribution in [0.2, 0.25) is 0 Å². The van der Waals surface area contributed by atoms with Gasteiger partial charge in [-0.25, -0.2) is 19.3 Å². The molecule has 0 aliphatic carbocycles. The highest BCUT2D eigenvalue weighted by Crippen LogP contribution is 2.33. The van der Waals surface area contributed by atoms with Gasteiger partial charge in [0.1, 0.15) is 23.3 Å². The van der Waals surface area contributed by atoms with Gasteiger partial charge in [-0.3, -0.25) is 9.50 Å². The van der Waals surface area contributed by atoms with Crippen LogP contribution in [0.4, 0.5) is 23.4 Å². The summed E-state index contributed by atoms with van der Waals surface area (Å²) in [5.74, 6) is 0.665. The normalized spacial score (nSPS) is 19.6. The Balaban J connectivity index is 1.49. The summed E-state index contributed by atoms with van der Waals surface area (Å²) in [7, 11) is 0. The van der Waals surface area contributed by atoms with Gasteiger partial charge in [0, 0.05) is 31.1 Å². The molecule has 2 atom stereocenters. The molecule has 1 saturated heterocycles. The molecule has 1 aliphatic rings. The number of piperidine rings is 1. The Labute approximate surface area is 180 Å². The Morgan fingerprint density at radius 3 is 2.72 bits per heavy atom. The van der Waals surface area contributed by atoms with E-state index in [1.807, 2.05) is 11.8 Å². The number of fused-ring (bicyclic) bond motifs is 1. The number of anilines is 1. The number of pyridine rings is 1. The maximum atomic E-state index is 14.6. The summed E-state index contributed by atoms with van der Waals surface area (Å²) < 4.78 is 55.4. The Morgan fingerprint density at radius 1 is 1.12 bits per heavy atom. The van der Waals surface area contributed by atoms with E-state index >= 15 is 0 Å². The van der Waals surface area contributed by atoms with Crippen LogP contribution in [0, 0.1) is 6.92 Å². The number of aromatic nitrogens is 6. The summed E-state index contributed by atoms with van der Waals surface area (Å²) in [5.41, 5.74) is 1.67. The number of H-pyrrole nitrogens is 1. The Kier molecular flexibility index (Phi) is 4.83. The highest BCUT2D eigenvalue weighted by molar-refractivity contribution is 5.59. The van der Waals surface area contributed by atoms with Gasteiger partial charge < -0.3 is 4.90 Å². The monoisotopic (exact) mass is 445 g/mol. The molecule has 1 N–H and O–H groups in total. The van der Waals surface area contributed by atoms with Crippen LogP contribution in [0.3, 0.4) is 0 Å². The number of imidazole rings is 1. The average molecular weight is 445 g/mol. The number of halogens is 4. The fourth-order valence-corrected chi connectivity index (χ4v) is 4.19. The molecule has 4 aromatic heterocycles. The van der Waals surface area contributed by atoms with E-state index in [2.05, 4.69) is 25.1 Å². The molecule has 0 bridgehead atoms. The van der Waals surface area contributed by atoms with Gasteiger partial charge in [-0.1, -0.05) is 0 Å². The van der Waals surface area contributed by atoms with Gasteiger partial charge in [0.05, 0.1) is 24.0 Å². The Morgan fingerprint density at radius 2 is 1.97 bits per heavy atom. The van der Waals surface area contributed by atoms with Crippen molar-refractivity contribution in [3.63, 3.8) is 0 Å². The first kappa shape index (κ1) is 20.4. The lowest BCUT2D eigenvalue weighted by molar-refractivity contribution is -0.137. The van der Waals surface area contributed by atoms with Crippen LogP contribution in [0.1, 0.15) is 29.2 Å². The van der Waals surface area contributed by atoms with Crippen LogP contribution in [0.5, 0.6) is 0 Å². The molecule has 4 aromatic rings. The Bertz CT molecular complexity index is 1260. The van der Waals surface area contributed by atoms with Crippen molar-refractivity contribution in [2.75, 3.05) is 18.0 Å². The maximum absolute atomic E-state index is 14.6. The van der Waals surface area contributed by atoms with Crippen molar-refractivity contribution in [1.82, 2.24) is 29.5 Å². The zero-order valence-corrected chi connectivity index (χ0v) is 17.0. The van der Waals surface area contributed by atoms with Crippen molar-refractivity contribution in [3.8, 4) is 11.5 Å². The first-order valence-corrected chi connectivity index (χ1v) is 10.1. The van der Waals surface area contributed by atoms with Gasteiger partial charge in [0.2, 0.25) is 0 Å². The molecule has 1 fully saturated rings. The van der Waals surface area contributed by atoms with Gasteiger partial charge in [0.15, 0.2) is 5.82 Å². The largest absolute Gasteiger partial charge is 0.417 e. The number of hydrogen-bond donors (Lipinski definition) is 1. The topological polar surface area (TPSA) is 75.0 Å². The van der Waals surface area contributed by atoms with Gasteiger partial charge in [-0.05, 0) is 37.1 Å². The molecular formula is C21H19F4N7. The van der Waals surface area contributed by atoms with Crippen molar-refractivity contribution >= 4 is 11.5 Å². The van der Waals surface area contributed by atoms with E-state index < -0.39 is 17.9 Å². The summed E-state index contributed by atoms with van der Waals surface area (Å²) in [6.07, 6.45) is 0.574. The van der Waals surface area contributed by atoms with Gasteiger partial charge in [-0.2, -0.15) is 18.3 Å². The van der Waals surface area contributed by atoms with Crippen LogP contribution >= 0.6 is 0 Å². The third-order valence-corrected chi connectivity index (χ3v) is 5.74. The number of aromatic amines is 1. The summed E-state index contributed by atoms with van der Waals surface area (Å²) in [6, 6.07) is 3.95. The standard InChI is InChI=1S/C21H19F4N7/c1-12-16(7-28-30-12)13-6-15(22)11-31(9-13)19-4-5-26-20(29-19)17-8-27-18-3-2-14(10-32(17)18)21(23,24)25/h2-5,7-8,10,13,15H,6,9,11H2,1H3,(H,28,30). The van der Waals surface area contributed by atoms with E-state index in [1.165, 1.54) is 22.9 Å². The lowest BCUT2D eigenvalue weighted by Crippen LogP contribution is -2.41. The van der Waals surface area contributed by atoms with E-state index in [-0.39, 0.29) is 18.3 Å². The molecule has 166 valence electrons. The predicted molar refractivity (Wildman–Crippen MR) is 109 cm³/mol. The number of nitrogens with one attached hydrogen (secondary N) is 1. The van der Waals surface area contributed by atoms with Crippen molar-refractivity contribution in [3.05, 3.63) is 59.8 Å². The number of nitrogens with zero attached hydrogens (tertiary/aromatic N) is 6. The van der Waals surface area contributed by atoms with Crippen molar-refractivity contribution in [2.24, 2.45) is 0 Å². The summed E-state index contributed by atoms with van der Waals surface area (Å²) in [5, 5.41) is 6.95. The van der Waals surface area contributed by atoms with E-state index in [0.29, 0.717) is 30.1 Å². The predicted octanol–water partition coefficient (Wildman–Crippen LogP) is 4.17. The molecule has 0 amide bonds. The molecule has 0 radical (unpaired) electrons. The van der Waals surface area contributed by atoms with Crippen LogP contribution in [0.15, 0.2) is 43.0 Å². The second-order valence-electron chi connectivity index (χ2n) is 7.89. The third-order valence-electron chi connectivity index (χ3n) is 5.74. The number of hydrogen-bond acceptors (Lipinski definition) is 5. The third kappa shape index (κ3) is 3.67. The highest BCUT2D eigenvalue weighted by Gasteiger charge is 2.32. The fourth-order valence-electron chi connectivity index (χ4n) is 4.19. The molecule has 32 heavy (non-hydrogen) atoms. The fraction of sp³-hybridized carbons (Fsp3) is 0.333. The molecule has 1 aliphatic heterocycles. The van der Waals surface area contributed by atoms with Gasteiger partial charge in [-0.15, -0.1) is 0 Å². The summed E-state index contributed by atoms with van der Waals surface area (Å²) >= 11 is 0. The van der Waals surface area contributed by atoms with Crippen molar-refractivity contribution in [1.29, 1.82) is 0 Å². The molecule has 0 spiro atoms. The van der Waals surface area contributed by atoms with Crippen molar-refractivity contribution < 1.29 is 17.6 Å². The molecule has 0 aromatic carbocycles. The minimum absolute atomic E-state index is 0.0546. The van der Waals surface area contributed by atoms with Crippen molar-refractivity contribution in [2.45, 2.75) is 31.6 Å². The summed E-state index contributed by atoms with van der Waals surface area (Å²) in [6.45, 7) is 2.60. The van der Waals surface area contributed by atoms with Crippen LogP contribution in [0.25, 0.3) is 17.2 Å². The van der Waals surface area contributed by atoms with E-state index in [1.54, 1.807) is 12.3 Å². The average Bonchev–Trinajstić information content (AvgIpc) is 3.38. The molecule has 7 nitrogen and oxygen atoms in total. The number of aryl methyl sites for hydroxylation is 1. The molecule has 2 unspecified atom stereocenters. The minimum atomic E-state index is -4.48. The second kappa shape index (κ2) is 7.57. The van der Waals surface area contributed by atoms with E-state index in [4.69, 9.17) is 0 Å². The zero-order valence-electron chi connectivity index (χ0n) is 17.0. The number of rotatable bonds is 3. The first-order chi connectivity index (χ1) is 15.3. The second-order valence-corrected chi connectivity index (χ2v) is 7.89. The molecule has 11 heteroatoms. The molecule has 0 saturated carbocycles. The number of alkyl halides is 4. The first-order valence-electron chi connectivity index (χ1n) is 10.1. The molecular weight excluding hydrogens is 426 g/mol. The van der Waals surface area contributed by atoms with Crippen LogP contribution in [-0.2, 0) is 6.18 Å². The Hall–Kier alpha value is -3.50. The van der Waals surface area contributed by atoms with Gasteiger partial charge >= 0.3 is 6.18 Å². The van der Waals surface area contributed by atoms with E-state index in [9.17, 15) is 17.6 Å². The molecule has 5 heterocycles. The SMILES string of the molecule is Cc1n[nH]cc1C1CC(F)CN(c2ccnc(-c3cnc4ccc(C(F)(F)F)cn34)n2)C1. The lowest BCUT2D eigenvalue weighted by atomic mass is 9.90. The quantitative estimate of drug-likeness (QED) is 0.479.